The van der Waals surface area contributed by atoms with E-state index >= 15 is 0 Å². The Hall–Kier alpha value is 0.230. The zero-order chi connectivity index (χ0) is 12.2. The molecule has 0 saturated carbocycles. The second-order valence-electron chi connectivity index (χ2n) is 4.39. The van der Waals surface area contributed by atoms with Crippen molar-refractivity contribution in [3.8, 4) is 0 Å². The molecule has 0 aromatic carbocycles. The van der Waals surface area contributed by atoms with Crippen LogP contribution in [0.3, 0.4) is 0 Å². The molecule has 4 heteroatoms. The van der Waals surface area contributed by atoms with Crippen LogP contribution < -0.4 is 5.32 Å². The zero-order valence-electron chi connectivity index (χ0n) is 11.1. The molecule has 0 aromatic heterocycles. The van der Waals surface area contributed by atoms with E-state index in [9.17, 15) is 0 Å². The molecule has 0 heterocycles. The Kier molecular flexibility index (Phi) is 11.9. The van der Waals surface area contributed by atoms with E-state index < -0.39 is 0 Å². The van der Waals surface area contributed by atoms with E-state index in [4.69, 9.17) is 9.47 Å². The largest absolute Gasteiger partial charge is 0.382 e. The maximum atomic E-state index is 5.37. The number of hydrogen-bond acceptors (Lipinski definition) is 4. The average Bonchev–Trinajstić information content (AvgIpc) is 2.22. The lowest BCUT2D eigenvalue weighted by Gasteiger charge is -2.14. The molecular weight excluding hydrogens is 222 g/mol. The van der Waals surface area contributed by atoms with Gasteiger partial charge in [-0.25, -0.2) is 0 Å². The van der Waals surface area contributed by atoms with Gasteiger partial charge in [-0.1, -0.05) is 13.8 Å². The number of ether oxygens (including phenoxy) is 2. The highest BCUT2D eigenvalue weighted by Gasteiger charge is 2.01. The van der Waals surface area contributed by atoms with E-state index in [2.05, 4.69) is 26.1 Å². The maximum absolute atomic E-state index is 5.37. The summed E-state index contributed by atoms with van der Waals surface area (Å²) in [6, 6.07) is 0.565. The molecule has 1 N–H and O–H groups in total. The van der Waals surface area contributed by atoms with Crippen molar-refractivity contribution in [3.63, 3.8) is 0 Å². The Balaban J connectivity index is 3.14. The number of methoxy groups -OCH3 is 1. The summed E-state index contributed by atoms with van der Waals surface area (Å²) >= 11 is 2.02. The lowest BCUT2D eigenvalue weighted by molar-refractivity contribution is 0.0714. The molecular formula is C12H27NO2S. The third-order valence-corrected chi connectivity index (χ3v) is 3.63. The van der Waals surface area contributed by atoms with E-state index in [-0.39, 0.29) is 0 Å². The highest BCUT2D eigenvalue weighted by Crippen LogP contribution is 2.08. The third kappa shape index (κ3) is 12.3. The van der Waals surface area contributed by atoms with Crippen molar-refractivity contribution in [2.24, 2.45) is 5.92 Å². The summed E-state index contributed by atoms with van der Waals surface area (Å²) in [5.74, 6) is 3.21. The second-order valence-corrected chi connectivity index (χ2v) is 5.47. The van der Waals surface area contributed by atoms with Crippen LogP contribution >= 0.6 is 11.8 Å². The van der Waals surface area contributed by atoms with Gasteiger partial charge in [-0.3, -0.25) is 0 Å². The van der Waals surface area contributed by atoms with Gasteiger partial charge in [0.25, 0.3) is 0 Å². The summed E-state index contributed by atoms with van der Waals surface area (Å²) in [5.41, 5.74) is 0. The molecule has 3 nitrogen and oxygen atoms in total. The first kappa shape index (κ1) is 16.2. The molecule has 16 heavy (non-hydrogen) atoms. The van der Waals surface area contributed by atoms with Gasteiger partial charge in [0, 0.05) is 25.4 Å². The van der Waals surface area contributed by atoms with Crippen LogP contribution in [0, 0.1) is 5.92 Å². The van der Waals surface area contributed by atoms with Crippen molar-refractivity contribution in [2.75, 3.05) is 45.0 Å². The summed E-state index contributed by atoms with van der Waals surface area (Å²) in [4.78, 5) is 0. The van der Waals surface area contributed by atoms with Gasteiger partial charge in [0.15, 0.2) is 0 Å². The minimum absolute atomic E-state index is 0.565. The number of rotatable bonds is 11. The van der Waals surface area contributed by atoms with E-state index in [1.54, 1.807) is 7.11 Å². The topological polar surface area (TPSA) is 30.5 Å². The van der Waals surface area contributed by atoms with Crippen LogP contribution in [0.5, 0.6) is 0 Å². The Morgan fingerprint density at radius 3 is 2.44 bits per heavy atom. The molecule has 98 valence electrons. The molecule has 1 atom stereocenters. The van der Waals surface area contributed by atoms with Crippen LogP contribution in [0.2, 0.25) is 0 Å². The predicted octanol–water partition coefficient (Wildman–Crippen LogP) is 2.02. The Bertz CT molecular complexity index is 145. The van der Waals surface area contributed by atoms with E-state index in [1.807, 2.05) is 11.8 Å². The first-order valence-corrected chi connectivity index (χ1v) is 7.20. The summed E-state index contributed by atoms with van der Waals surface area (Å²) < 4.78 is 10.3. The summed E-state index contributed by atoms with van der Waals surface area (Å²) in [7, 11) is 1.69. The normalized spacial score (nSPS) is 13.3. The molecule has 0 aromatic rings. The quantitative estimate of drug-likeness (QED) is 0.568. The number of nitrogens with one attached hydrogen (secondary N) is 1. The second kappa shape index (κ2) is 11.7. The minimum Gasteiger partial charge on any atom is -0.382 e. The number of thioether (sulfide) groups is 1. The van der Waals surface area contributed by atoms with Crippen LogP contribution in [-0.2, 0) is 9.47 Å². The van der Waals surface area contributed by atoms with Gasteiger partial charge in [0.1, 0.15) is 0 Å². The van der Waals surface area contributed by atoms with Crippen LogP contribution in [0.1, 0.15) is 20.8 Å². The summed E-state index contributed by atoms with van der Waals surface area (Å²) in [6.07, 6.45) is 0. The van der Waals surface area contributed by atoms with Crippen LogP contribution in [0.4, 0.5) is 0 Å². The van der Waals surface area contributed by atoms with Crippen molar-refractivity contribution in [2.45, 2.75) is 26.8 Å². The van der Waals surface area contributed by atoms with Crippen molar-refractivity contribution < 1.29 is 9.47 Å². The molecule has 0 bridgehead atoms. The fourth-order valence-corrected chi connectivity index (χ4v) is 2.24. The lowest BCUT2D eigenvalue weighted by Crippen LogP contribution is -2.31. The van der Waals surface area contributed by atoms with Gasteiger partial charge in [-0.05, 0) is 18.6 Å². The SMILES string of the molecule is COCCOCCNC(C)CSCC(C)C. The fourth-order valence-electron chi connectivity index (χ4n) is 1.16. The van der Waals surface area contributed by atoms with Gasteiger partial charge in [0.05, 0.1) is 19.8 Å². The smallest absolute Gasteiger partial charge is 0.0700 e. The highest BCUT2D eigenvalue weighted by atomic mass is 32.2. The monoisotopic (exact) mass is 249 g/mol. The lowest BCUT2D eigenvalue weighted by atomic mass is 10.3. The Morgan fingerprint density at radius 1 is 1.06 bits per heavy atom. The summed E-state index contributed by atoms with van der Waals surface area (Å²) in [5, 5.41) is 3.45. The molecule has 0 aliphatic rings. The molecule has 0 aliphatic heterocycles. The van der Waals surface area contributed by atoms with Crippen LogP contribution in [0.25, 0.3) is 0 Å². The minimum atomic E-state index is 0.565. The predicted molar refractivity (Wildman–Crippen MR) is 72.3 cm³/mol. The first-order chi connectivity index (χ1) is 7.66. The van der Waals surface area contributed by atoms with Gasteiger partial charge in [0.2, 0.25) is 0 Å². The molecule has 0 radical (unpaired) electrons. The zero-order valence-corrected chi connectivity index (χ0v) is 11.9. The first-order valence-electron chi connectivity index (χ1n) is 6.04. The van der Waals surface area contributed by atoms with Gasteiger partial charge >= 0.3 is 0 Å². The molecule has 0 fully saturated rings. The highest BCUT2D eigenvalue weighted by molar-refractivity contribution is 7.99. The van der Waals surface area contributed by atoms with Crippen molar-refractivity contribution >= 4 is 11.8 Å². The van der Waals surface area contributed by atoms with Crippen LogP contribution in [-0.4, -0.2) is 51.0 Å². The van der Waals surface area contributed by atoms with Crippen molar-refractivity contribution in [1.82, 2.24) is 5.32 Å². The summed E-state index contributed by atoms with van der Waals surface area (Å²) in [6.45, 7) is 9.80. The molecule has 1 unspecified atom stereocenters. The Labute approximate surface area is 105 Å². The molecule has 0 rings (SSSR count). The van der Waals surface area contributed by atoms with E-state index in [0.717, 1.165) is 19.1 Å². The van der Waals surface area contributed by atoms with Crippen molar-refractivity contribution in [3.05, 3.63) is 0 Å². The van der Waals surface area contributed by atoms with Gasteiger partial charge in [-0.2, -0.15) is 11.8 Å². The third-order valence-electron chi connectivity index (χ3n) is 1.99. The molecule has 0 spiro atoms. The maximum Gasteiger partial charge on any atom is 0.0700 e. The van der Waals surface area contributed by atoms with E-state index in [1.165, 1.54) is 11.5 Å². The standard InChI is InChI=1S/C12H27NO2S/c1-11(2)9-16-10-12(3)13-5-6-15-8-7-14-4/h11-13H,5-10H2,1-4H3. The van der Waals surface area contributed by atoms with Crippen molar-refractivity contribution in [1.29, 1.82) is 0 Å². The average molecular weight is 249 g/mol. The van der Waals surface area contributed by atoms with Gasteiger partial charge < -0.3 is 14.8 Å². The Morgan fingerprint density at radius 2 is 1.81 bits per heavy atom. The molecule has 0 amide bonds. The molecule has 0 aliphatic carbocycles. The molecule has 0 saturated heterocycles. The van der Waals surface area contributed by atoms with Crippen LogP contribution in [0.15, 0.2) is 0 Å². The number of hydrogen-bond donors (Lipinski definition) is 1. The van der Waals surface area contributed by atoms with Gasteiger partial charge in [-0.15, -0.1) is 0 Å². The van der Waals surface area contributed by atoms with E-state index in [0.29, 0.717) is 19.3 Å². The fraction of sp³-hybridized carbons (Fsp3) is 1.00.